The van der Waals surface area contributed by atoms with Gasteiger partial charge in [-0.15, -0.1) is 11.8 Å². The predicted molar refractivity (Wildman–Crippen MR) is 95.5 cm³/mol. The molecule has 1 amide bonds. The number of thioether (sulfide) groups is 1. The molecule has 1 aliphatic carbocycles. The summed E-state index contributed by atoms with van der Waals surface area (Å²) < 4.78 is 2.70. The highest BCUT2D eigenvalue weighted by atomic mass is 79.9. The zero-order chi connectivity index (χ0) is 16.0. The Morgan fingerprint density at radius 1 is 1.39 bits per heavy atom. The lowest BCUT2D eigenvalue weighted by atomic mass is 9.98. The molecule has 5 nitrogen and oxygen atoms in total. The molecule has 2 fully saturated rings. The van der Waals surface area contributed by atoms with Crippen LogP contribution in [-0.4, -0.2) is 44.9 Å². The second-order valence-corrected chi connectivity index (χ2v) is 8.14. The van der Waals surface area contributed by atoms with Crippen molar-refractivity contribution in [3.63, 3.8) is 0 Å². The molecule has 1 aliphatic heterocycles. The second kappa shape index (κ2) is 6.09. The Bertz CT molecular complexity index is 750. The van der Waals surface area contributed by atoms with Crippen molar-refractivity contribution in [1.82, 2.24) is 19.7 Å². The van der Waals surface area contributed by atoms with Crippen LogP contribution in [0.25, 0.3) is 10.9 Å². The average molecular weight is 395 g/mol. The Morgan fingerprint density at radius 2 is 2.13 bits per heavy atom. The first-order valence-corrected chi connectivity index (χ1v) is 10.1. The number of carbonyl (C=O) groups is 1. The van der Waals surface area contributed by atoms with E-state index in [0.29, 0.717) is 17.5 Å². The second-order valence-electron chi connectivity index (χ2n) is 6.55. The zero-order valence-corrected chi connectivity index (χ0v) is 15.4. The molecule has 2 bridgehead atoms. The Kier molecular flexibility index (Phi) is 4.09. The number of carbonyl (C=O) groups excluding carboxylic acids is 1. The molecule has 0 radical (unpaired) electrons. The first-order valence-electron chi connectivity index (χ1n) is 7.96. The first-order chi connectivity index (χ1) is 11.2. The third-order valence-electron chi connectivity index (χ3n) is 4.96. The molecule has 0 N–H and O–H groups in total. The maximum absolute atomic E-state index is 12.9. The quantitative estimate of drug-likeness (QED) is 0.800. The number of rotatable bonds is 3. The molecular formula is C16H19BrN4OS. The minimum atomic E-state index is 0.0662. The van der Waals surface area contributed by atoms with Crippen LogP contribution in [-0.2, 0) is 5.88 Å². The minimum Gasteiger partial charge on any atom is -0.337 e. The van der Waals surface area contributed by atoms with Gasteiger partial charge in [0.25, 0.3) is 5.91 Å². The number of aromatic nitrogens is 3. The summed E-state index contributed by atoms with van der Waals surface area (Å²) in [4.78, 5) is 19.3. The smallest absolute Gasteiger partial charge is 0.272 e. The van der Waals surface area contributed by atoms with E-state index < -0.39 is 0 Å². The SMILES string of the molecule is CSCn1nc(Br)c2cnc(C(=O)N3CC4CCC(C4)C3)cc21. The number of halogens is 1. The van der Waals surface area contributed by atoms with E-state index in [2.05, 4.69) is 26.0 Å². The van der Waals surface area contributed by atoms with E-state index in [1.807, 2.05) is 21.9 Å². The highest BCUT2D eigenvalue weighted by molar-refractivity contribution is 9.10. The molecular weight excluding hydrogens is 376 g/mol. The molecule has 3 heterocycles. The number of piperidine rings is 1. The number of amides is 1. The minimum absolute atomic E-state index is 0.0662. The van der Waals surface area contributed by atoms with Crippen molar-refractivity contribution in [1.29, 1.82) is 0 Å². The van der Waals surface area contributed by atoms with E-state index in [9.17, 15) is 4.79 Å². The predicted octanol–water partition coefficient (Wildman–Crippen LogP) is 3.39. The summed E-state index contributed by atoms with van der Waals surface area (Å²) in [6, 6.07) is 1.89. The van der Waals surface area contributed by atoms with E-state index in [-0.39, 0.29) is 5.91 Å². The standard InChI is InChI=1S/C16H19BrN4OS/c1-23-9-21-14-5-13(18-6-12(14)15(17)19-21)16(22)20-7-10-2-3-11(4-10)8-20/h5-6,10-11H,2-4,7-9H2,1H3. The third kappa shape index (κ3) is 2.78. The van der Waals surface area contributed by atoms with Gasteiger partial charge in [0.15, 0.2) is 0 Å². The van der Waals surface area contributed by atoms with Crippen LogP contribution in [0.1, 0.15) is 29.8 Å². The van der Waals surface area contributed by atoms with E-state index in [1.165, 1.54) is 19.3 Å². The van der Waals surface area contributed by atoms with Crippen molar-refractivity contribution in [3.05, 3.63) is 22.6 Å². The molecule has 7 heteroatoms. The average Bonchev–Trinajstić information content (AvgIpc) is 3.06. The van der Waals surface area contributed by atoms with Crippen molar-refractivity contribution < 1.29 is 4.79 Å². The summed E-state index contributed by atoms with van der Waals surface area (Å²) in [5, 5.41) is 5.43. The Hall–Kier alpha value is -1.08. The maximum Gasteiger partial charge on any atom is 0.272 e. The van der Waals surface area contributed by atoms with Gasteiger partial charge in [-0.1, -0.05) is 0 Å². The molecule has 0 aromatic carbocycles. The number of likely N-dealkylation sites (tertiary alicyclic amines) is 1. The normalized spacial score (nSPS) is 23.7. The lowest BCUT2D eigenvalue weighted by Gasteiger charge is -2.31. The van der Waals surface area contributed by atoms with E-state index in [4.69, 9.17) is 0 Å². The van der Waals surface area contributed by atoms with Gasteiger partial charge in [0.2, 0.25) is 0 Å². The lowest BCUT2D eigenvalue weighted by molar-refractivity contribution is 0.0656. The van der Waals surface area contributed by atoms with Gasteiger partial charge in [-0.3, -0.25) is 14.5 Å². The molecule has 23 heavy (non-hydrogen) atoms. The maximum atomic E-state index is 12.9. The number of fused-ring (bicyclic) bond motifs is 3. The number of hydrogen-bond donors (Lipinski definition) is 0. The molecule has 4 rings (SSSR count). The van der Waals surface area contributed by atoms with Crippen LogP contribution in [0.3, 0.4) is 0 Å². The zero-order valence-electron chi connectivity index (χ0n) is 13.0. The van der Waals surface area contributed by atoms with Crippen molar-refractivity contribution in [2.75, 3.05) is 19.3 Å². The van der Waals surface area contributed by atoms with Crippen molar-refractivity contribution in [2.45, 2.75) is 25.1 Å². The first kappa shape index (κ1) is 15.4. The van der Waals surface area contributed by atoms with Crippen LogP contribution in [0.2, 0.25) is 0 Å². The Morgan fingerprint density at radius 3 is 2.83 bits per heavy atom. The topological polar surface area (TPSA) is 51.0 Å². The fourth-order valence-electron chi connectivity index (χ4n) is 3.90. The summed E-state index contributed by atoms with van der Waals surface area (Å²) in [5.41, 5.74) is 1.50. The Labute approximate surface area is 147 Å². The van der Waals surface area contributed by atoms with Crippen LogP contribution in [0.15, 0.2) is 16.9 Å². The van der Waals surface area contributed by atoms with E-state index >= 15 is 0 Å². The van der Waals surface area contributed by atoms with Crippen molar-refractivity contribution in [2.24, 2.45) is 11.8 Å². The van der Waals surface area contributed by atoms with Gasteiger partial charge in [-0.2, -0.15) is 5.10 Å². The number of hydrogen-bond acceptors (Lipinski definition) is 4. The van der Waals surface area contributed by atoms with E-state index in [0.717, 1.165) is 34.5 Å². The molecule has 2 unspecified atom stereocenters. The third-order valence-corrected chi connectivity index (χ3v) is 6.04. The summed E-state index contributed by atoms with van der Waals surface area (Å²) in [7, 11) is 0. The van der Waals surface area contributed by atoms with Crippen LogP contribution in [0.4, 0.5) is 0 Å². The summed E-state index contributed by atoms with van der Waals surface area (Å²) in [6.45, 7) is 1.78. The van der Waals surface area contributed by atoms with Crippen LogP contribution in [0, 0.1) is 11.8 Å². The highest BCUT2D eigenvalue weighted by Crippen LogP contribution is 2.36. The van der Waals surface area contributed by atoms with Gasteiger partial charge < -0.3 is 4.90 Å². The molecule has 2 aromatic heterocycles. The molecule has 0 spiro atoms. The van der Waals surface area contributed by atoms with Crippen molar-refractivity contribution >= 4 is 44.5 Å². The summed E-state index contributed by atoms with van der Waals surface area (Å²) >= 11 is 5.17. The fraction of sp³-hybridized carbons (Fsp3) is 0.562. The number of pyridine rings is 1. The molecule has 2 aromatic rings. The molecule has 122 valence electrons. The number of nitrogens with zero attached hydrogens (tertiary/aromatic N) is 4. The summed E-state index contributed by atoms with van der Waals surface area (Å²) in [5.74, 6) is 2.21. The van der Waals surface area contributed by atoms with Gasteiger partial charge in [0.1, 0.15) is 10.3 Å². The van der Waals surface area contributed by atoms with Gasteiger partial charge in [0.05, 0.1) is 16.8 Å². The highest BCUT2D eigenvalue weighted by Gasteiger charge is 2.35. The van der Waals surface area contributed by atoms with Gasteiger partial charge in [-0.25, -0.2) is 0 Å². The van der Waals surface area contributed by atoms with Crippen LogP contribution in [0.5, 0.6) is 0 Å². The fourth-order valence-corrected chi connectivity index (χ4v) is 4.84. The lowest BCUT2D eigenvalue weighted by Crippen LogP contribution is -2.41. The molecule has 2 aliphatic rings. The summed E-state index contributed by atoms with van der Waals surface area (Å²) in [6.07, 6.45) is 7.64. The largest absolute Gasteiger partial charge is 0.337 e. The molecule has 1 saturated heterocycles. The Balaban J connectivity index is 1.65. The monoisotopic (exact) mass is 394 g/mol. The van der Waals surface area contributed by atoms with Crippen LogP contribution < -0.4 is 0 Å². The molecule has 1 saturated carbocycles. The molecule has 2 atom stereocenters. The van der Waals surface area contributed by atoms with Gasteiger partial charge >= 0.3 is 0 Å². The van der Waals surface area contributed by atoms with E-state index in [1.54, 1.807) is 18.0 Å². The van der Waals surface area contributed by atoms with Gasteiger partial charge in [-0.05, 0) is 59.4 Å². The van der Waals surface area contributed by atoms with Crippen LogP contribution >= 0.6 is 27.7 Å². The van der Waals surface area contributed by atoms with Crippen molar-refractivity contribution in [3.8, 4) is 0 Å². The van der Waals surface area contributed by atoms with Gasteiger partial charge in [0, 0.05) is 19.3 Å².